The molecule has 6 nitrogen and oxygen atoms in total. The van der Waals surface area contributed by atoms with E-state index < -0.39 is 0 Å². The molecule has 1 aliphatic rings. The van der Waals surface area contributed by atoms with Gasteiger partial charge in [-0.2, -0.15) is 0 Å². The van der Waals surface area contributed by atoms with Crippen LogP contribution in [0.15, 0.2) is 12.1 Å². The van der Waals surface area contributed by atoms with Crippen molar-refractivity contribution in [1.82, 2.24) is 15.1 Å². The Bertz CT molecular complexity index is 413. The van der Waals surface area contributed by atoms with Gasteiger partial charge >= 0.3 is 0 Å². The Kier molecular flexibility index (Phi) is 4.68. The monoisotopic (exact) mass is 264 g/mol. The molecule has 1 aromatic rings. The lowest BCUT2D eigenvalue weighted by Gasteiger charge is -2.26. The summed E-state index contributed by atoms with van der Waals surface area (Å²) < 4.78 is 5.22. The highest BCUT2D eigenvalue weighted by atomic mass is 16.5. The van der Waals surface area contributed by atoms with Crippen LogP contribution in [0.2, 0.25) is 0 Å². The molecule has 1 saturated heterocycles. The van der Waals surface area contributed by atoms with E-state index >= 15 is 0 Å². The topological polar surface area (TPSA) is 67.4 Å². The van der Waals surface area contributed by atoms with Gasteiger partial charge in [0.15, 0.2) is 5.69 Å². The molecule has 1 fully saturated rings. The highest BCUT2D eigenvalue weighted by molar-refractivity contribution is 5.92. The van der Waals surface area contributed by atoms with Crippen LogP contribution in [0.5, 0.6) is 0 Å². The molecule has 6 heteroatoms. The third-order valence-corrected chi connectivity index (χ3v) is 2.87. The summed E-state index contributed by atoms with van der Waals surface area (Å²) in [6.45, 7) is 7.50. The predicted molar refractivity (Wildman–Crippen MR) is 72.1 cm³/mol. The van der Waals surface area contributed by atoms with E-state index in [0.29, 0.717) is 43.7 Å². The summed E-state index contributed by atoms with van der Waals surface area (Å²) in [7, 11) is 0. The maximum atomic E-state index is 12.1. The molecule has 0 unspecified atom stereocenters. The Morgan fingerprint density at radius 1 is 1.37 bits per heavy atom. The third-order valence-electron chi connectivity index (χ3n) is 2.87. The van der Waals surface area contributed by atoms with Gasteiger partial charge in [-0.05, 0) is 18.1 Å². The number of amides is 1. The smallest absolute Gasteiger partial charge is 0.274 e. The van der Waals surface area contributed by atoms with Gasteiger partial charge in [0.25, 0.3) is 5.91 Å². The van der Waals surface area contributed by atoms with Crippen molar-refractivity contribution >= 4 is 11.7 Å². The number of carbonyl (C=O) groups is 1. The molecule has 2 heterocycles. The standard InChI is InChI=1S/C13H20N4O2/c1-10(2)9-14-12-4-3-11(15-16-12)13(18)17-5-7-19-8-6-17/h3-4,10H,5-9H2,1-2H3,(H,14,16). The van der Waals surface area contributed by atoms with Crippen molar-refractivity contribution in [3.05, 3.63) is 17.8 Å². The molecule has 0 bridgehead atoms. The largest absolute Gasteiger partial charge is 0.378 e. The van der Waals surface area contributed by atoms with E-state index in [-0.39, 0.29) is 5.91 Å². The van der Waals surface area contributed by atoms with Crippen LogP contribution in [0.1, 0.15) is 24.3 Å². The first-order chi connectivity index (χ1) is 9.16. The lowest BCUT2D eigenvalue weighted by molar-refractivity contribution is 0.0298. The van der Waals surface area contributed by atoms with Crippen LogP contribution in [0, 0.1) is 5.92 Å². The maximum absolute atomic E-state index is 12.1. The molecule has 0 radical (unpaired) electrons. The number of nitrogens with one attached hydrogen (secondary N) is 1. The SMILES string of the molecule is CC(C)CNc1ccc(C(=O)N2CCOCC2)nn1. The number of aromatic nitrogens is 2. The molecule has 0 spiro atoms. The summed E-state index contributed by atoms with van der Waals surface area (Å²) in [5.74, 6) is 1.16. The van der Waals surface area contributed by atoms with Gasteiger partial charge in [0.05, 0.1) is 13.2 Å². The number of rotatable bonds is 4. The zero-order valence-electron chi connectivity index (χ0n) is 11.4. The Labute approximate surface area is 113 Å². The van der Waals surface area contributed by atoms with Crippen molar-refractivity contribution in [2.24, 2.45) is 5.92 Å². The Hall–Kier alpha value is -1.69. The van der Waals surface area contributed by atoms with Crippen molar-refractivity contribution in [3.8, 4) is 0 Å². The minimum Gasteiger partial charge on any atom is -0.378 e. The van der Waals surface area contributed by atoms with Crippen LogP contribution in [-0.4, -0.2) is 53.9 Å². The van der Waals surface area contributed by atoms with Crippen LogP contribution in [0.25, 0.3) is 0 Å². The minimum atomic E-state index is -0.0776. The molecule has 0 aliphatic carbocycles. The Morgan fingerprint density at radius 2 is 2.11 bits per heavy atom. The summed E-state index contributed by atoms with van der Waals surface area (Å²) in [6, 6.07) is 3.51. The molecule has 1 amide bonds. The molecule has 0 atom stereocenters. The zero-order valence-corrected chi connectivity index (χ0v) is 11.4. The fourth-order valence-electron chi connectivity index (χ4n) is 1.78. The number of carbonyl (C=O) groups excluding carboxylic acids is 1. The normalized spacial score (nSPS) is 15.6. The van der Waals surface area contributed by atoms with Gasteiger partial charge in [-0.1, -0.05) is 13.8 Å². The van der Waals surface area contributed by atoms with Crippen LogP contribution < -0.4 is 5.32 Å². The fraction of sp³-hybridized carbons (Fsp3) is 0.615. The zero-order chi connectivity index (χ0) is 13.7. The second-order valence-corrected chi connectivity index (χ2v) is 4.98. The first kappa shape index (κ1) is 13.7. The molecule has 1 N–H and O–H groups in total. The van der Waals surface area contributed by atoms with E-state index in [4.69, 9.17) is 4.74 Å². The van der Waals surface area contributed by atoms with Crippen molar-refractivity contribution in [1.29, 1.82) is 0 Å². The highest BCUT2D eigenvalue weighted by Gasteiger charge is 2.19. The fourth-order valence-corrected chi connectivity index (χ4v) is 1.78. The van der Waals surface area contributed by atoms with Crippen LogP contribution in [0.3, 0.4) is 0 Å². The number of anilines is 1. The molecule has 2 rings (SSSR count). The Morgan fingerprint density at radius 3 is 2.68 bits per heavy atom. The van der Waals surface area contributed by atoms with Gasteiger partial charge in [0, 0.05) is 19.6 Å². The first-order valence-electron chi connectivity index (χ1n) is 6.61. The quantitative estimate of drug-likeness (QED) is 0.879. The second-order valence-electron chi connectivity index (χ2n) is 4.98. The van der Waals surface area contributed by atoms with E-state index in [1.165, 1.54) is 0 Å². The van der Waals surface area contributed by atoms with Crippen molar-refractivity contribution < 1.29 is 9.53 Å². The van der Waals surface area contributed by atoms with Crippen LogP contribution in [-0.2, 0) is 4.74 Å². The van der Waals surface area contributed by atoms with Crippen molar-refractivity contribution in [2.45, 2.75) is 13.8 Å². The van der Waals surface area contributed by atoms with E-state index in [0.717, 1.165) is 6.54 Å². The van der Waals surface area contributed by atoms with E-state index in [9.17, 15) is 4.79 Å². The molecular formula is C13H20N4O2. The minimum absolute atomic E-state index is 0.0776. The summed E-state index contributed by atoms with van der Waals surface area (Å²) in [5, 5.41) is 11.2. The lowest BCUT2D eigenvalue weighted by atomic mass is 10.2. The molecule has 0 aromatic carbocycles. The maximum Gasteiger partial charge on any atom is 0.274 e. The second kappa shape index (κ2) is 6.47. The predicted octanol–water partition coefficient (Wildman–Crippen LogP) is 1.02. The molecule has 104 valence electrons. The summed E-state index contributed by atoms with van der Waals surface area (Å²) >= 11 is 0. The average Bonchev–Trinajstić information content (AvgIpc) is 2.46. The third kappa shape index (κ3) is 3.89. The van der Waals surface area contributed by atoms with E-state index in [2.05, 4.69) is 29.4 Å². The number of nitrogens with zero attached hydrogens (tertiary/aromatic N) is 3. The molecule has 1 aromatic heterocycles. The van der Waals surface area contributed by atoms with Gasteiger partial charge in [-0.25, -0.2) is 0 Å². The summed E-state index contributed by atoms with van der Waals surface area (Å²) in [5.41, 5.74) is 0.386. The number of morpholine rings is 1. The number of hydrogen-bond donors (Lipinski definition) is 1. The van der Waals surface area contributed by atoms with Gasteiger partial charge in [-0.15, -0.1) is 10.2 Å². The average molecular weight is 264 g/mol. The van der Waals surface area contributed by atoms with Gasteiger partial charge < -0.3 is 15.0 Å². The molecule has 0 saturated carbocycles. The van der Waals surface area contributed by atoms with Gasteiger partial charge in [-0.3, -0.25) is 4.79 Å². The summed E-state index contributed by atoms with van der Waals surface area (Å²) in [6.07, 6.45) is 0. The highest BCUT2D eigenvalue weighted by Crippen LogP contribution is 2.07. The van der Waals surface area contributed by atoms with Crippen molar-refractivity contribution in [3.63, 3.8) is 0 Å². The molecule has 1 aliphatic heterocycles. The van der Waals surface area contributed by atoms with Gasteiger partial charge in [0.2, 0.25) is 0 Å². The Balaban J connectivity index is 1.95. The summed E-state index contributed by atoms with van der Waals surface area (Å²) in [4.78, 5) is 13.9. The van der Waals surface area contributed by atoms with Crippen LogP contribution >= 0.6 is 0 Å². The van der Waals surface area contributed by atoms with Crippen LogP contribution in [0.4, 0.5) is 5.82 Å². The van der Waals surface area contributed by atoms with E-state index in [1.54, 1.807) is 17.0 Å². The van der Waals surface area contributed by atoms with Crippen molar-refractivity contribution in [2.75, 3.05) is 38.2 Å². The van der Waals surface area contributed by atoms with E-state index in [1.807, 2.05) is 0 Å². The number of hydrogen-bond acceptors (Lipinski definition) is 5. The molecular weight excluding hydrogens is 244 g/mol. The molecule has 19 heavy (non-hydrogen) atoms. The number of ether oxygens (including phenoxy) is 1. The van der Waals surface area contributed by atoms with Gasteiger partial charge in [0.1, 0.15) is 5.82 Å². The lowest BCUT2D eigenvalue weighted by Crippen LogP contribution is -2.41. The first-order valence-corrected chi connectivity index (χ1v) is 6.61.